The first-order valence-electron chi connectivity index (χ1n) is 7.89. The molecule has 1 fully saturated rings. The minimum atomic E-state index is 0.0225. The van der Waals surface area contributed by atoms with E-state index in [1.54, 1.807) is 6.92 Å². The van der Waals surface area contributed by atoms with Crippen molar-refractivity contribution < 1.29 is 9.32 Å². The Morgan fingerprint density at radius 2 is 2.27 bits per heavy atom. The van der Waals surface area contributed by atoms with Gasteiger partial charge in [0.2, 0.25) is 0 Å². The number of hydrogen-bond donors (Lipinski definition) is 1. The molecule has 6 nitrogen and oxygen atoms in total. The van der Waals surface area contributed by atoms with E-state index in [4.69, 9.17) is 4.52 Å². The van der Waals surface area contributed by atoms with Crippen LogP contribution in [-0.2, 0) is 6.42 Å². The fraction of sp³-hybridized carbons (Fsp3) is 0.562. The minimum absolute atomic E-state index is 0.0225. The van der Waals surface area contributed by atoms with Gasteiger partial charge in [0.1, 0.15) is 11.3 Å². The van der Waals surface area contributed by atoms with Crippen molar-refractivity contribution in [1.29, 1.82) is 0 Å². The Balaban J connectivity index is 1.95. The molecule has 0 saturated carbocycles. The van der Waals surface area contributed by atoms with E-state index in [0.717, 1.165) is 42.8 Å². The first kappa shape index (κ1) is 14.8. The molecule has 0 aliphatic carbocycles. The Labute approximate surface area is 129 Å². The van der Waals surface area contributed by atoms with Crippen LogP contribution in [0.4, 0.5) is 0 Å². The van der Waals surface area contributed by atoms with Crippen LogP contribution >= 0.6 is 0 Å². The lowest BCUT2D eigenvalue weighted by molar-refractivity contribution is 0.0602. The Morgan fingerprint density at radius 1 is 1.45 bits per heavy atom. The lowest BCUT2D eigenvalue weighted by Crippen LogP contribution is -2.39. The second-order valence-corrected chi connectivity index (χ2v) is 5.89. The third kappa shape index (κ3) is 2.42. The first-order chi connectivity index (χ1) is 10.6. The van der Waals surface area contributed by atoms with Crippen molar-refractivity contribution in [1.82, 2.24) is 20.3 Å². The van der Waals surface area contributed by atoms with E-state index in [2.05, 4.69) is 15.4 Å². The SMILES string of the molecule is CCc1noc(C)c1C(=O)N1CCCCC1c1[nH]ncc1C. The second kappa shape index (κ2) is 5.94. The molecule has 0 bridgehead atoms. The number of nitrogens with zero attached hydrogens (tertiary/aromatic N) is 3. The van der Waals surface area contributed by atoms with Gasteiger partial charge >= 0.3 is 0 Å². The first-order valence-corrected chi connectivity index (χ1v) is 7.89. The summed E-state index contributed by atoms with van der Waals surface area (Å²) in [4.78, 5) is 15.0. The molecule has 2 aromatic heterocycles. The third-order valence-electron chi connectivity index (χ3n) is 4.45. The van der Waals surface area contributed by atoms with Gasteiger partial charge in [0.25, 0.3) is 5.91 Å². The molecule has 0 radical (unpaired) electrons. The lowest BCUT2D eigenvalue weighted by Gasteiger charge is -2.35. The van der Waals surface area contributed by atoms with E-state index in [1.165, 1.54) is 0 Å². The Hall–Kier alpha value is -2.11. The van der Waals surface area contributed by atoms with Crippen LogP contribution in [0.3, 0.4) is 0 Å². The van der Waals surface area contributed by atoms with E-state index < -0.39 is 0 Å². The highest BCUT2D eigenvalue weighted by molar-refractivity contribution is 5.96. The van der Waals surface area contributed by atoms with Crippen LogP contribution in [0.2, 0.25) is 0 Å². The van der Waals surface area contributed by atoms with Gasteiger partial charge in [0.15, 0.2) is 0 Å². The number of rotatable bonds is 3. The van der Waals surface area contributed by atoms with Crippen molar-refractivity contribution in [3.8, 4) is 0 Å². The standard InChI is InChI=1S/C16H22N4O2/c1-4-12-14(11(3)22-19-12)16(21)20-8-6-5-7-13(20)15-10(2)9-17-18-15/h9,13H,4-8H2,1-3H3,(H,17,18). The Kier molecular flexibility index (Phi) is 4.00. The summed E-state index contributed by atoms with van der Waals surface area (Å²) in [6.07, 6.45) is 5.62. The normalized spacial score (nSPS) is 18.7. The van der Waals surface area contributed by atoms with Crippen molar-refractivity contribution in [2.45, 2.75) is 52.5 Å². The molecule has 1 saturated heterocycles. The van der Waals surface area contributed by atoms with Crippen LogP contribution in [0.15, 0.2) is 10.7 Å². The molecule has 0 aromatic carbocycles. The van der Waals surface area contributed by atoms with E-state index in [9.17, 15) is 4.79 Å². The smallest absolute Gasteiger partial charge is 0.259 e. The summed E-state index contributed by atoms with van der Waals surface area (Å²) in [5, 5.41) is 11.2. The van der Waals surface area contributed by atoms with Gasteiger partial charge in [-0.2, -0.15) is 5.10 Å². The second-order valence-electron chi connectivity index (χ2n) is 5.89. The molecule has 1 unspecified atom stereocenters. The zero-order valence-corrected chi connectivity index (χ0v) is 13.3. The molecule has 22 heavy (non-hydrogen) atoms. The fourth-order valence-electron chi connectivity index (χ4n) is 3.25. The van der Waals surface area contributed by atoms with Gasteiger partial charge in [-0.15, -0.1) is 0 Å². The van der Waals surface area contributed by atoms with Gasteiger partial charge in [-0.3, -0.25) is 9.89 Å². The highest BCUT2D eigenvalue weighted by Crippen LogP contribution is 2.33. The zero-order valence-electron chi connectivity index (χ0n) is 13.3. The summed E-state index contributed by atoms with van der Waals surface area (Å²) in [5.74, 6) is 0.627. The molecule has 1 aliphatic heterocycles. The Bertz CT molecular complexity index is 673. The van der Waals surface area contributed by atoms with Crippen molar-refractivity contribution >= 4 is 5.91 Å². The van der Waals surface area contributed by atoms with Gasteiger partial charge in [-0.25, -0.2) is 0 Å². The molecule has 1 amide bonds. The zero-order chi connectivity index (χ0) is 15.7. The minimum Gasteiger partial charge on any atom is -0.361 e. The Morgan fingerprint density at radius 3 is 2.95 bits per heavy atom. The van der Waals surface area contributed by atoms with Gasteiger partial charge in [-0.1, -0.05) is 12.1 Å². The molecule has 3 rings (SSSR count). The van der Waals surface area contributed by atoms with Crippen LogP contribution in [0, 0.1) is 13.8 Å². The largest absolute Gasteiger partial charge is 0.361 e. The molecular formula is C16H22N4O2. The molecule has 1 atom stereocenters. The number of piperidine rings is 1. The molecule has 1 aliphatic rings. The quantitative estimate of drug-likeness (QED) is 0.946. The maximum Gasteiger partial charge on any atom is 0.259 e. The summed E-state index contributed by atoms with van der Waals surface area (Å²) in [5.41, 5.74) is 3.52. The number of aryl methyl sites for hydroxylation is 3. The van der Waals surface area contributed by atoms with Gasteiger partial charge in [-0.05, 0) is 45.1 Å². The van der Waals surface area contributed by atoms with Gasteiger partial charge in [0.05, 0.1) is 23.6 Å². The lowest BCUT2D eigenvalue weighted by atomic mass is 9.96. The van der Waals surface area contributed by atoms with Crippen molar-refractivity contribution in [3.63, 3.8) is 0 Å². The van der Waals surface area contributed by atoms with Crippen LogP contribution in [-0.4, -0.2) is 32.7 Å². The average molecular weight is 302 g/mol. The van der Waals surface area contributed by atoms with Crippen LogP contribution in [0.25, 0.3) is 0 Å². The van der Waals surface area contributed by atoms with Crippen LogP contribution in [0.1, 0.15) is 65.3 Å². The van der Waals surface area contributed by atoms with Crippen LogP contribution < -0.4 is 0 Å². The summed E-state index contributed by atoms with van der Waals surface area (Å²) in [6.45, 7) is 6.58. The number of H-pyrrole nitrogens is 1. The summed E-state index contributed by atoms with van der Waals surface area (Å²) in [7, 11) is 0. The number of aromatic nitrogens is 3. The number of carbonyl (C=O) groups excluding carboxylic acids is 1. The highest BCUT2D eigenvalue weighted by Gasteiger charge is 2.33. The number of amides is 1. The molecule has 2 aromatic rings. The third-order valence-corrected chi connectivity index (χ3v) is 4.45. The summed E-state index contributed by atoms with van der Waals surface area (Å²) in [6, 6.07) is 0.0581. The molecule has 6 heteroatoms. The molecule has 118 valence electrons. The van der Waals surface area contributed by atoms with E-state index in [1.807, 2.05) is 24.9 Å². The average Bonchev–Trinajstić information content (AvgIpc) is 3.12. The highest BCUT2D eigenvalue weighted by atomic mass is 16.5. The molecule has 0 spiro atoms. The van der Waals surface area contributed by atoms with Crippen LogP contribution in [0.5, 0.6) is 0 Å². The number of likely N-dealkylation sites (tertiary alicyclic amines) is 1. The van der Waals surface area contributed by atoms with Gasteiger partial charge in [0, 0.05) is 6.54 Å². The van der Waals surface area contributed by atoms with E-state index in [0.29, 0.717) is 17.7 Å². The van der Waals surface area contributed by atoms with Crippen molar-refractivity contribution in [3.05, 3.63) is 34.5 Å². The number of carbonyl (C=O) groups is 1. The van der Waals surface area contributed by atoms with Gasteiger partial charge < -0.3 is 9.42 Å². The summed E-state index contributed by atoms with van der Waals surface area (Å²) >= 11 is 0. The molecule has 3 heterocycles. The monoisotopic (exact) mass is 302 g/mol. The maximum absolute atomic E-state index is 13.1. The number of nitrogens with one attached hydrogen (secondary N) is 1. The fourth-order valence-corrected chi connectivity index (χ4v) is 3.25. The number of hydrogen-bond acceptors (Lipinski definition) is 4. The predicted octanol–water partition coefficient (Wildman–Crippen LogP) is 2.94. The summed E-state index contributed by atoms with van der Waals surface area (Å²) < 4.78 is 5.23. The predicted molar refractivity (Wildman–Crippen MR) is 81.6 cm³/mol. The van der Waals surface area contributed by atoms with Crippen molar-refractivity contribution in [2.75, 3.05) is 6.54 Å². The maximum atomic E-state index is 13.1. The molecular weight excluding hydrogens is 280 g/mol. The molecule has 1 N–H and O–H groups in total. The van der Waals surface area contributed by atoms with Crippen molar-refractivity contribution in [2.24, 2.45) is 0 Å². The number of aromatic amines is 1. The van der Waals surface area contributed by atoms with E-state index in [-0.39, 0.29) is 11.9 Å². The topological polar surface area (TPSA) is 75.0 Å². The van der Waals surface area contributed by atoms with E-state index >= 15 is 0 Å².